The van der Waals surface area contributed by atoms with E-state index >= 15 is 0 Å². The normalized spacial score (nSPS) is 39.5. The molecular weight excluding hydrogens is 246 g/mol. The molecule has 0 aromatic heterocycles. The van der Waals surface area contributed by atoms with Gasteiger partial charge in [-0.05, 0) is 64.1 Å². The van der Waals surface area contributed by atoms with Crippen molar-refractivity contribution in [1.82, 2.24) is 15.5 Å². The summed E-state index contributed by atoms with van der Waals surface area (Å²) in [7, 11) is 0. The molecule has 116 valence electrons. The zero-order chi connectivity index (χ0) is 13.8. The van der Waals surface area contributed by atoms with E-state index in [1.807, 2.05) is 0 Å². The molecule has 3 nitrogen and oxygen atoms in total. The standard InChI is InChI=1S/C17H33N3/c1-2-20-12-6-7-14(20)13-19-17-9-4-3-8-15(17)16-10-5-11-18-16/h14-19H,2-13H2,1H3. The lowest BCUT2D eigenvalue weighted by atomic mass is 9.79. The fraction of sp³-hybridized carbons (Fsp3) is 1.00. The van der Waals surface area contributed by atoms with Gasteiger partial charge in [0.15, 0.2) is 0 Å². The summed E-state index contributed by atoms with van der Waals surface area (Å²) < 4.78 is 0. The second-order valence-corrected chi connectivity index (χ2v) is 7.09. The molecule has 1 aliphatic carbocycles. The van der Waals surface area contributed by atoms with Crippen LogP contribution in [0, 0.1) is 5.92 Å². The monoisotopic (exact) mass is 279 g/mol. The van der Waals surface area contributed by atoms with E-state index in [9.17, 15) is 0 Å². The molecule has 0 spiro atoms. The van der Waals surface area contributed by atoms with Gasteiger partial charge in [-0.3, -0.25) is 4.90 Å². The maximum Gasteiger partial charge on any atom is 0.0221 e. The largest absolute Gasteiger partial charge is 0.314 e. The fourth-order valence-electron chi connectivity index (χ4n) is 4.80. The van der Waals surface area contributed by atoms with E-state index in [2.05, 4.69) is 22.5 Å². The van der Waals surface area contributed by atoms with E-state index in [4.69, 9.17) is 0 Å². The van der Waals surface area contributed by atoms with Crippen molar-refractivity contribution in [2.24, 2.45) is 5.92 Å². The first kappa shape index (κ1) is 14.8. The molecule has 4 unspecified atom stereocenters. The number of nitrogens with zero attached hydrogens (tertiary/aromatic N) is 1. The minimum atomic E-state index is 0.777. The van der Waals surface area contributed by atoms with Crippen LogP contribution in [0.5, 0.6) is 0 Å². The van der Waals surface area contributed by atoms with Gasteiger partial charge in [-0.25, -0.2) is 0 Å². The average Bonchev–Trinajstić information content (AvgIpc) is 3.16. The Kier molecular flexibility index (Phi) is 5.36. The Bertz CT molecular complexity index is 288. The Labute approximate surface area is 124 Å². The SMILES string of the molecule is CCN1CCCC1CNC1CCCCC1C1CCCN1. The smallest absolute Gasteiger partial charge is 0.0221 e. The average molecular weight is 279 g/mol. The highest BCUT2D eigenvalue weighted by Crippen LogP contribution is 2.31. The molecule has 3 fully saturated rings. The van der Waals surface area contributed by atoms with Gasteiger partial charge in [-0.1, -0.05) is 19.8 Å². The van der Waals surface area contributed by atoms with Crippen molar-refractivity contribution in [2.45, 2.75) is 76.4 Å². The summed E-state index contributed by atoms with van der Waals surface area (Å²) in [6.07, 6.45) is 11.3. The van der Waals surface area contributed by atoms with E-state index < -0.39 is 0 Å². The molecule has 2 heterocycles. The Balaban J connectivity index is 1.51. The fourth-order valence-corrected chi connectivity index (χ4v) is 4.80. The van der Waals surface area contributed by atoms with E-state index in [1.54, 1.807) is 0 Å². The van der Waals surface area contributed by atoms with E-state index in [0.29, 0.717) is 0 Å². The molecule has 0 aromatic rings. The van der Waals surface area contributed by atoms with Crippen molar-refractivity contribution in [3.63, 3.8) is 0 Å². The Morgan fingerprint density at radius 2 is 1.95 bits per heavy atom. The molecule has 20 heavy (non-hydrogen) atoms. The molecule has 2 saturated heterocycles. The van der Waals surface area contributed by atoms with Crippen LogP contribution in [0.3, 0.4) is 0 Å². The molecular formula is C17H33N3. The number of likely N-dealkylation sites (N-methyl/N-ethyl adjacent to an activating group) is 1. The summed E-state index contributed by atoms with van der Waals surface area (Å²) in [4.78, 5) is 2.67. The second-order valence-electron chi connectivity index (χ2n) is 7.09. The molecule has 3 rings (SSSR count). The Morgan fingerprint density at radius 3 is 2.75 bits per heavy atom. The molecule has 3 aliphatic rings. The first-order valence-electron chi connectivity index (χ1n) is 9.09. The van der Waals surface area contributed by atoms with Crippen molar-refractivity contribution in [2.75, 3.05) is 26.2 Å². The quantitative estimate of drug-likeness (QED) is 0.809. The molecule has 1 saturated carbocycles. The number of hydrogen-bond donors (Lipinski definition) is 2. The second kappa shape index (κ2) is 7.24. The van der Waals surface area contributed by atoms with Crippen LogP contribution >= 0.6 is 0 Å². The van der Waals surface area contributed by atoms with Crippen LogP contribution in [0.25, 0.3) is 0 Å². The summed E-state index contributed by atoms with van der Waals surface area (Å²) in [6, 6.07) is 2.39. The molecule has 0 aromatic carbocycles. The zero-order valence-electron chi connectivity index (χ0n) is 13.2. The van der Waals surface area contributed by atoms with Crippen LogP contribution in [-0.2, 0) is 0 Å². The molecule has 4 atom stereocenters. The van der Waals surface area contributed by atoms with Crippen LogP contribution in [0.15, 0.2) is 0 Å². The molecule has 0 amide bonds. The van der Waals surface area contributed by atoms with E-state index in [-0.39, 0.29) is 0 Å². The van der Waals surface area contributed by atoms with Crippen molar-refractivity contribution < 1.29 is 0 Å². The molecule has 3 heteroatoms. The maximum absolute atomic E-state index is 3.97. The van der Waals surface area contributed by atoms with E-state index in [0.717, 1.165) is 24.0 Å². The van der Waals surface area contributed by atoms with Gasteiger partial charge in [-0.15, -0.1) is 0 Å². The number of hydrogen-bond acceptors (Lipinski definition) is 3. The topological polar surface area (TPSA) is 27.3 Å². The predicted molar refractivity (Wildman–Crippen MR) is 85.0 cm³/mol. The summed E-state index contributed by atoms with van der Waals surface area (Å²) in [6.45, 7) is 7.33. The van der Waals surface area contributed by atoms with Crippen molar-refractivity contribution in [3.8, 4) is 0 Å². The highest BCUT2D eigenvalue weighted by Gasteiger charge is 2.33. The summed E-state index contributed by atoms with van der Waals surface area (Å²) in [5.41, 5.74) is 0. The molecule has 0 bridgehead atoms. The van der Waals surface area contributed by atoms with Gasteiger partial charge in [0.1, 0.15) is 0 Å². The summed E-state index contributed by atoms with van der Waals surface area (Å²) in [5.74, 6) is 0.891. The number of nitrogens with one attached hydrogen (secondary N) is 2. The van der Waals surface area contributed by atoms with Gasteiger partial charge in [0.25, 0.3) is 0 Å². The predicted octanol–water partition coefficient (Wildman–Crippen LogP) is 2.37. The van der Waals surface area contributed by atoms with Gasteiger partial charge < -0.3 is 10.6 Å². The summed E-state index contributed by atoms with van der Waals surface area (Å²) >= 11 is 0. The van der Waals surface area contributed by atoms with Crippen molar-refractivity contribution >= 4 is 0 Å². The lowest BCUT2D eigenvalue weighted by Gasteiger charge is -2.37. The number of likely N-dealkylation sites (tertiary alicyclic amines) is 1. The zero-order valence-corrected chi connectivity index (χ0v) is 13.2. The number of rotatable bonds is 5. The molecule has 2 aliphatic heterocycles. The van der Waals surface area contributed by atoms with E-state index in [1.165, 1.54) is 77.5 Å². The van der Waals surface area contributed by atoms with Crippen LogP contribution in [0.2, 0.25) is 0 Å². The van der Waals surface area contributed by atoms with Crippen LogP contribution < -0.4 is 10.6 Å². The maximum atomic E-state index is 3.97. The van der Waals surface area contributed by atoms with Crippen LogP contribution in [0.1, 0.15) is 58.3 Å². The third kappa shape index (κ3) is 3.37. The highest BCUT2D eigenvalue weighted by molar-refractivity contribution is 4.92. The first-order valence-corrected chi connectivity index (χ1v) is 9.09. The Morgan fingerprint density at radius 1 is 1.05 bits per heavy atom. The Hall–Kier alpha value is -0.120. The minimum Gasteiger partial charge on any atom is -0.314 e. The van der Waals surface area contributed by atoms with Crippen LogP contribution in [-0.4, -0.2) is 49.2 Å². The first-order chi connectivity index (χ1) is 9.88. The molecule has 0 radical (unpaired) electrons. The van der Waals surface area contributed by atoms with Gasteiger partial charge in [-0.2, -0.15) is 0 Å². The lowest BCUT2D eigenvalue weighted by Crippen LogP contribution is -2.50. The lowest BCUT2D eigenvalue weighted by molar-refractivity contribution is 0.192. The van der Waals surface area contributed by atoms with Gasteiger partial charge in [0.05, 0.1) is 0 Å². The van der Waals surface area contributed by atoms with Crippen LogP contribution in [0.4, 0.5) is 0 Å². The highest BCUT2D eigenvalue weighted by atomic mass is 15.2. The minimum absolute atomic E-state index is 0.777. The summed E-state index contributed by atoms with van der Waals surface area (Å²) in [5, 5.41) is 7.73. The third-order valence-corrected chi connectivity index (χ3v) is 5.96. The van der Waals surface area contributed by atoms with Gasteiger partial charge >= 0.3 is 0 Å². The molecule has 2 N–H and O–H groups in total. The van der Waals surface area contributed by atoms with Gasteiger partial charge in [0.2, 0.25) is 0 Å². The van der Waals surface area contributed by atoms with Crippen molar-refractivity contribution in [1.29, 1.82) is 0 Å². The van der Waals surface area contributed by atoms with Crippen molar-refractivity contribution in [3.05, 3.63) is 0 Å². The third-order valence-electron chi connectivity index (χ3n) is 5.96. The van der Waals surface area contributed by atoms with Gasteiger partial charge in [0, 0.05) is 24.7 Å².